The average molecular weight is 228 g/mol. The SMILES string of the molecule is CCCN(CCO)Cc1nc(C)c(C)s1. The third kappa shape index (κ3) is 3.89. The number of nitrogens with zero attached hydrogens (tertiary/aromatic N) is 2. The molecule has 1 heterocycles. The van der Waals surface area contributed by atoms with E-state index in [0.29, 0.717) is 0 Å². The molecule has 0 aromatic carbocycles. The molecule has 0 atom stereocenters. The maximum Gasteiger partial charge on any atom is 0.107 e. The maximum absolute atomic E-state index is 8.94. The van der Waals surface area contributed by atoms with Crippen LogP contribution >= 0.6 is 11.3 Å². The van der Waals surface area contributed by atoms with Gasteiger partial charge in [0.2, 0.25) is 0 Å². The van der Waals surface area contributed by atoms with Crippen molar-refractivity contribution in [1.29, 1.82) is 0 Å². The summed E-state index contributed by atoms with van der Waals surface area (Å²) in [5.74, 6) is 0. The molecule has 4 heteroatoms. The van der Waals surface area contributed by atoms with Crippen LogP contribution in [-0.2, 0) is 6.54 Å². The maximum atomic E-state index is 8.94. The van der Waals surface area contributed by atoms with Crippen molar-refractivity contribution in [3.8, 4) is 0 Å². The monoisotopic (exact) mass is 228 g/mol. The van der Waals surface area contributed by atoms with Crippen molar-refractivity contribution < 1.29 is 5.11 Å². The highest BCUT2D eigenvalue weighted by atomic mass is 32.1. The number of aliphatic hydroxyl groups excluding tert-OH is 1. The molecule has 0 radical (unpaired) electrons. The van der Waals surface area contributed by atoms with Crippen LogP contribution in [0.25, 0.3) is 0 Å². The molecule has 0 saturated carbocycles. The lowest BCUT2D eigenvalue weighted by molar-refractivity contribution is 0.190. The van der Waals surface area contributed by atoms with Crippen LogP contribution in [-0.4, -0.2) is 34.7 Å². The number of hydrogen-bond donors (Lipinski definition) is 1. The van der Waals surface area contributed by atoms with Crippen molar-refractivity contribution in [2.75, 3.05) is 19.7 Å². The van der Waals surface area contributed by atoms with E-state index in [9.17, 15) is 0 Å². The minimum atomic E-state index is 0.226. The largest absolute Gasteiger partial charge is 0.395 e. The molecule has 0 aliphatic heterocycles. The Morgan fingerprint density at radius 3 is 2.53 bits per heavy atom. The molecule has 86 valence electrons. The normalized spacial score (nSPS) is 11.3. The first kappa shape index (κ1) is 12.6. The highest BCUT2D eigenvalue weighted by Crippen LogP contribution is 2.17. The van der Waals surface area contributed by atoms with Gasteiger partial charge in [-0.2, -0.15) is 0 Å². The highest BCUT2D eigenvalue weighted by Gasteiger charge is 2.08. The van der Waals surface area contributed by atoms with Gasteiger partial charge in [-0.15, -0.1) is 11.3 Å². The van der Waals surface area contributed by atoms with Gasteiger partial charge >= 0.3 is 0 Å². The standard InChI is InChI=1S/C11H20N2OS/c1-4-5-13(6-7-14)8-11-12-9(2)10(3)15-11/h14H,4-8H2,1-3H3. The van der Waals surface area contributed by atoms with Crippen LogP contribution in [0, 0.1) is 13.8 Å². The quantitative estimate of drug-likeness (QED) is 0.808. The highest BCUT2D eigenvalue weighted by molar-refractivity contribution is 7.11. The lowest BCUT2D eigenvalue weighted by atomic mass is 10.4. The minimum Gasteiger partial charge on any atom is -0.395 e. The number of aryl methyl sites for hydroxylation is 2. The summed E-state index contributed by atoms with van der Waals surface area (Å²) in [6, 6.07) is 0. The fraction of sp³-hybridized carbons (Fsp3) is 0.727. The van der Waals surface area contributed by atoms with Gasteiger partial charge in [0, 0.05) is 11.4 Å². The number of rotatable bonds is 6. The zero-order valence-electron chi connectivity index (χ0n) is 9.79. The molecule has 0 bridgehead atoms. The summed E-state index contributed by atoms with van der Waals surface area (Å²) in [5, 5.41) is 10.1. The van der Waals surface area contributed by atoms with Gasteiger partial charge in [0.15, 0.2) is 0 Å². The first-order chi connectivity index (χ1) is 7.17. The van der Waals surface area contributed by atoms with E-state index in [4.69, 9.17) is 5.11 Å². The van der Waals surface area contributed by atoms with Crippen molar-refractivity contribution in [1.82, 2.24) is 9.88 Å². The van der Waals surface area contributed by atoms with Crippen LogP contribution in [0.3, 0.4) is 0 Å². The summed E-state index contributed by atoms with van der Waals surface area (Å²) in [6.07, 6.45) is 1.11. The van der Waals surface area contributed by atoms with Gasteiger partial charge in [-0.25, -0.2) is 4.98 Å². The van der Waals surface area contributed by atoms with E-state index in [2.05, 4.69) is 23.7 Å². The zero-order chi connectivity index (χ0) is 11.3. The molecule has 0 unspecified atom stereocenters. The summed E-state index contributed by atoms with van der Waals surface area (Å²) < 4.78 is 0. The van der Waals surface area contributed by atoms with Crippen molar-refractivity contribution in [2.45, 2.75) is 33.7 Å². The van der Waals surface area contributed by atoms with E-state index in [1.165, 1.54) is 4.88 Å². The Labute approximate surface area is 95.8 Å². The van der Waals surface area contributed by atoms with Crippen LogP contribution in [0.1, 0.15) is 28.9 Å². The third-order valence-corrected chi connectivity index (χ3v) is 3.45. The Kier molecular flexibility index (Phi) is 5.22. The van der Waals surface area contributed by atoms with Crippen LogP contribution in [0.5, 0.6) is 0 Å². The molecule has 0 fully saturated rings. The summed E-state index contributed by atoms with van der Waals surface area (Å²) in [5.41, 5.74) is 1.13. The predicted molar refractivity (Wildman–Crippen MR) is 64.2 cm³/mol. The van der Waals surface area contributed by atoms with Crippen LogP contribution in [0.15, 0.2) is 0 Å². The average Bonchev–Trinajstić information content (AvgIpc) is 2.47. The van der Waals surface area contributed by atoms with Crippen LogP contribution < -0.4 is 0 Å². The smallest absolute Gasteiger partial charge is 0.107 e. The van der Waals surface area contributed by atoms with Gasteiger partial charge < -0.3 is 5.11 Å². The number of thiazole rings is 1. The van der Waals surface area contributed by atoms with E-state index in [-0.39, 0.29) is 6.61 Å². The second-order valence-corrected chi connectivity index (χ2v) is 5.04. The molecule has 0 amide bonds. The van der Waals surface area contributed by atoms with E-state index >= 15 is 0 Å². The molecule has 3 nitrogen and oxygen atoms in total. The van der Waals surface area contributed by atoms with E-state index in [0.717, 1.165) is 36.8 Å². The summed E-state index contributed by atoms with van der Waals surface area (Å²) >= 11 is 1.76. The fourth-order valence-electron chi connectivity index (χ4n) is 1.53. The van der Waals surface area contributed by atoms with Gasteiger partial charge in [0.05, 0.1) is 18.8 Å². The second-order valence-electron chi connectivity index (χ2n) is 3.75. The van der Waals surface area contributed by atoms with Crippen molar-refractivity contribution >= 4 is 11.3 Å². The Morgan fingerprint density at radius 1 is 1.33 bits per heavy atom. The Balaban J connectivity index is 2.56. The molecule has 0 saturated heterocycles. The van der Waals surface area contributed by atoms with Gasteiger partial charge in [0.25, 0.3) is 0 Å². The fourth-order valence-corrected chi connectivity index (χ4v) is 2.50. The van der Waals surface area contributed by atoms with E-state index in [1.54, 1.807) is 11.3 Å². The summed E-state index contributed by atoms with van der Waals surface area (Å²) in [6.45, 7) is 9.17. The predicted octanol–water partition coefficient (Wildman–Crippen LogP) is 1.96. The number of aliphatic hydroxyl groups is 1. The van der Waals surface area contributed by atoms with Gasteiger partial charge in [0.1, 0.15) is 5.01 Å². The van der Waals surface area contributed by atoms with Crippen LogP contribution in [0.4, 0.5) is 0 Å². The Hall–Kier alpha value is -0.450. The van der Waals surface area contributed by atoms with Crippen molar-refractivity contribution in [2.24, 2.45) is 0 Å². The van der Waals surface area contributed by atoms with Crippen molar-refractivity contribution in [3.05, 3.63) is 15.6 Å². The van der Waals surface area contributed by atoms with Gasteiger partial charge in [-0.1, -0.05) is 6.92 Å². The minimum absolute atomic E-state index is 0.226. The molecular weight excluding hydrogens is 208 g/mol. The summed E-state index contributed by atoms with van der Waals surface area (Å²) in [4.78, 5) is 8.05. The van der Waals surface area contributed by atoms with E-state index in [1.807, 2.05) is 6.92 Å². The zero-order valence-corrected chi connectivity index (χ0v) is 10.6. The number of aromatic nitrogens is 1. The first-order valence-corrected chi connectivity index (χ1v) is 6.25. The molecule has 1 rings (SSSR count). The lowest BCUT2D eigenvalue weighted by Crippen LogP contribution is -2.27. The molecule has 0 aliphatic rings. The molecular formula is C11H20N2OS. The Morgan fingerprint density at radius 2 is 2.07 bits per heavy atom. The Bertz CT molecular complexity index is 273. The molecule has 1 N–H and O–H groups in total. The van der Waals surface area contributed by atoms with E-state index < -0.39 is 0 Å². The van der Waals surface area contributed by atoms with Gasteiger partial charge in [-0.05, 0) is 26.8 Å². The topological polar surface area (TPSA) is 36.4 Å². The van der Waals surface area contributed by atoms with Gasteiger partial charge in [-0.3, -0.25) is 4.90 Å². The second kappa shape index (κ2) is 6.20. The summed E-state index contributed by atoms with van der Waals surface area (Å²) in [7, 11) is 0. The lowest BCUT2D eigenvalue weighted by Gasteiger charge is -2.18. The molecule has 0 aliphatic carbocycles. The van der Waals surface area contributed by atoms with Crippen molar-refractivity contribution in [3.63, 3.8) is 0 Å². The number of hydrogen-bond acceptors (Lipinski definition) is 4. The molecule has 1 aromatic heterocycles. The molecule has 0 spiro atoms. The third-order valence-electron chi connectivity index (χ3n) is 2.39. The first-order valence-electron chi connectivity index (χ1n) is 5.43. The molecule has 15 heavy (non-hydrogen) atoms. The van der Waals surface area contributed by atoms with Crippen LogP contribution in [0.2, 0.25) is 0 Å². The molecule has 1 aromatic rings.